The van der Waals surface area contributed by atoms with Crippen LogP contribution in [-0.2, 0) is 0 Å². The van der Waals surface area contributed by atoms with Crippen molar-refractivity contribution in [2.45, 2.75) is 13.8 Å². The van der Waals surface area contributed by atoms with E-state index >= 15 is 0 Å². The summed E-state index contributed by atoms with van der Waals surface area (Å²) in [5, 5.41) is 8.75. The zero-order valence-electron chi connectivity index (χ0n) is 9.60. The van der Waals surface area contributed by atoms with E-state index in [4.69, 9.17) is 11.0 Å². The molecule has 84 valence electrons. The summed E-state index contributed by atoms with van der Waals surface area (Å²) in [6, 6.07) is 3.93. The van der Waals surface area contributed by atoms with Crippen LogP contribution in [0.3, 0.4) is 0 Å². The van der Waals surface area contributed by atoms with Gasteiger partial charge in [-0.1, -0.05) is 6.07 Å². The second kappa shape index (κ2) is 4.18. The number of nitrogens with zero attached hydrogens (tertiary/aromatic N) is 4. The molecule has 5 nitrogen and oxygen atoms in total. The zero-order valence-corrected chi connectivity index (χ0v) is 9.60. The Morgan fingerprint density at radius 2 is 2.00 bits per heavy atom. The Balaban J connectivity index is 2.54. The third-order valence-corrected chi connectivity index (χ3v) is 2.37. The summed E-state index contributed by atoms with van der Waals surface area (Å²) in [6.45, 7) is 3.91. The molecular formula is C12H11N5. The van der Waals surface area contributed by atoms with Gasteiger partial charge in [-0.05, 0) is 25.0 Å². The molecule has 0 unspecified atom stereocenters. The Kier molecular flexibility index (Phi) is 2.71. The first kappa shape index (κ1) is 11.0. The highest BCUT2D eigenvalue weighted by Crippen LogP contribution is 2.19. The molecule has 0 amide bonds. The van der Waals surface area contributed by atoms with Gasteiger partial charge in [0.25, 0.3) is 0 Å². The fourth-order valence-electron chi connectivity index (χ4n) is 1.54. The van der Waals surface area contributed by atoms with Crippen LogP contribution in [0.2, 0.25) is 0 Å². The van der Waals surface area contributed by atoms with Crippen LogP contribution in [0.4, 0.5) is 5.82 Å². The molecule has 0 aliphatic rings. The van der Waals surface area contributed by atoms with Gasteiger partial charge in [-0.25, -0.2) is 9.97 Å². The minimum Gasteiger partial charge on any atom is -0.382 e. The highest BCUT2D eigenvalue weighted by Gasteiger charge is 2.09. The number of pyridine rings is 1. The van der Waals surface area contributed by atoms with Crippen molar-refractivity contribution in [3.8, 4) is 17.6 Å². The number of anilines is 1. The smallest absolute Gasteiger partial charge is 0.180 e. The van der Waals surface area contributed by atoms with Crippen molar-refractivity contribution >= 4 is 5.82 Å². The van der Waals surface area contributed by atoms with Crippen molar-refractivity contribution in [3.63, 3.8) is 0 Å². The maximum absolute atomic E-state index is 8.75. The van der Waals surface area contributed by atoms with E-state index in [0.717, 1.165) is 11.1 Å². The first-order valence-corrected chi connectivity index (χ1v) is 5.08. The van der Waals surface area contributed by atoms with Gasteiger partial charge in [-0.3, -0.25) is 4.98 Å². The second-order valence-electron chi connectivity index (χ2n) is 3.78. The summed E-state index contributed by atoms with van der Waals surface area (Å²) in [5.41, 5.74) is 8.67. The molecule has 0 aliphatic carbocycles. The van der Waals surface area contributed by atoms with E-state index in [1.54, 1.807) is 6.20 Å². The van der Waals surface area contributed by atoms with Gasteiger partial charge in [0, 0.05) is 6.20 Å². The van der Waals surface area contributed by atoms with Crippen LogP contribution >= 0.6 is 0 Å². The number of aryl methyl sites for hydroxylation is 2. The van der Waals surface area contributed by atoms with E-state index in [1.807, 2.05) is 26.0 Å². The maximum Gasteiger partial charge on any atom is 0.180 e. The summed E-state index contributed by atoms with van der Waals surface area (Å²) < 4.78 is 0. The van der Waals surface area contributed by atoms with Crippen molar-refractivity contribution in [1.29, 1.82) is 5.26 Å². The molecule has 0 bridgehead atoms. The van der Waals surface area contributed by atoms with Gasteiger partial charge in [0.15, 0.2) is 5.82 Å². The molecule has 5 heteroatoms. The second-order valence-corrected chi connectivity index (χ2v) is 3.78. The molecule has 17 heavy (non-hydrogen) atoms. The number of hydrogen-bond donors (Lipinski definition) is 1. The normalized spacial score (nSPS) is 9.94. The van der Waals surface area contributed by atoms with Crippen LogP contribution in [0.15, 0.2) is 18.5 Å². The number of hydrogen-bond acceptors (Lipinski definition) is 5. The van der Waals surface area contributed by atoms with E-state index in [9.17, 15) is 0 Å². The summed E-state index contributed by atoms with van der Waals surface area (Å²) in [4.78, 5) is 12.5. The Morgan fingerprint density at radius 1 is 1.24 bits per heavy atom. The van der Waals surface area contributed by atoms with Crippen molar-refractivity contribution in [3.05, 3.63) is 35.2 Å². The Labute approximate surface area is 99.0 Å². The van der Waals surface area contributed by atoms with Crippen molar-refractivity contribution in [2.75, 3.05) is 5.73 Å². The molecule has 2 N–H and O–H groups in total. The molecule has 2 rings (SSSR count). The minimum atomic E-state index is 0.180. The topological polar surface area (TPSA) is 88.5 Å². The summed E-state index contributed by atoms with van der Waals surface area (Å²) in [6.07, 6.45) is 3.17. The molecule has 0 radical (unpaired) electrons. The molecule has 0 spiro atoms. The molecule has 0 aromatic carbocycles. The third kappa shape index (κ3) is 2.06. The molecule has 0 fully saturated rings. The van der Waals surface area contributed by atoms with E-state index in [0.29, 0.717) is 11.5 Å². The van der Waals surface area contributed by atoms with Crippen LogP contribution in [0.5, 0.6) is 0 Å². The van der Waals surface area contributed by atoms with Gasteiger partial charge < -0.3 is 5.73 Å². The third-order valence-electron chi connectivity index (χ3n) is 2.37. The molecule has 0 aliphatic heterocycles. The molecule has 2 heterocycles. The fourth-order valence-corrected chi connectivity index (χ4v) is 1.54. The lowest BCUT2D eigenvalue weighted by Crippen LogP contribution is -2.01. The summed E-state index contributed by atoms with van der Waals surface area (Å²) in [7, 11) is 0. The quantitative estimate of drug-likeness (QED) is 0.796. The zero-order chi connectivity index (χ0) is 12.4. The Hall–Kier alpha value is -2.48. The number of rotatable bonds is 1. The Morgan fingerprint density at radius 3 is 2.59 bits per heavy atom. The molecule has 0 saturated heterocycles. The predicted octanol–water partition coefficient (Wildman–Crippen LogP) is 1.61. The summed E-state index contributed by atoms with van der Waals surface area (Å²) >= 11 is 0. The van der Waals surface area contributed by atoms with Gasteiger partial charge in [0.2, 0.25) is 0 Å². The molecule has 2 aromatic rings. The van der Waals surface area contributed by atoms with Gasteiger partial charge in [-0.15, -0.1) is 0 Å². The fraction of sp³-hybridized carbons (Fsp3) is 0.167. The van der Waals surface area contributed by atoms with Crippen LogP contribution in [0.1, 0.15) is 16.7 Å². The van der Waals surface area contributed by atoms with Gasteiger partial charge in [0.05, 0.1) is 6.20 Å². The summed E-state index contributed by atoms with van der Waals surface area (Å²) in [5.74, 6) is 0.623. The predicted molar refractivity (Wildman–Crippen MR) is 63.9 cm³/mol. The SMILES string of the molecule is Cc1cnc(-c2ncc(C#N)c(N)n2)c(C)c1. The first-order valence-electron chi connectivity index (χ1n) is 5.08. The van der Waals surface area contributed by atoms with Crippen LogP contribution in [0.25, 0.3) is 11.5 Å². The highest BCUT2D eigenvalue weighted by atomic mass is 15.0. The van der Waals surface area contributed by atoms with E-state index in [-0.39, 0.29) is 11.4 Å². The average Bonchev–Trinajstić information content (AvgIpc) is 2.29. The van der Waals surface area contributed by atoms with Crippen molar-refractivity contribution < 1.29 is 0 Å². The number of nitrogens with two attached hydrogens (primary N) is 1. The number of aromatic nitrogens is 3. The van der Waals surface area contributed by atoms with E-state index < -0.39 is 0 Å². The van der Waals surface area contributed by atoms with Gasteiger partial charge in [-0.2, -0.15) is 5.26 Å². The van der Waals surface area contributed by atoms with Crippen LogP contribution in [0, 0.1) is 25.2 Å². The van der Waals surface area contributed by atoms with Crippen molar-refractivity contribution in [1.82, 2.24) is 15.0 Å². The van der Waals surface area contributed by atoms with E-state index in [2.05, 4.69) is 15.0 Å². The average molecular weight is 225 g/mol. The van der Waals surface area contributed by atoms with Crippen LogP contribution < -0.4 is 5.73 Å². The lowest BCUT2D eigenvalue weighted by atomic mass is 10.1. The van der Waals surface area contributed by atoms with E-state index in [1.165, 1.54) is 6.20 Å². The van der Waals surface area contributed by atoms with Crippen LogP contribution in [-0.4, -0.2) is 15.0 Å². The monoisotopic (exact) mass is 225 g/mol. The number of nitrogen functional groups attached to an aromatic ring is 1. The highest BCUT2D eigenvalue weighted by molar-refractivity contribution is 5.59. The first-order chi connectivity index (χ1) is 8.11. The van der Waals surface area contributed by atoms with Gasteiger partial charge in [0.1, 0.15) is 23.1 Å². The molecule has 0 atom stereocenters. The minimum absolute atomic E-state index is 0.180. The lowest BCUT2D eigenvalue weighted by molar-refractivity contribution is 1.11. The standard InChI is InChI=1S/C12H11N5/c1-7-3-8(2)10(15-5-7)12-16-6-9(4-13)11(14)17-12/h3,5-6H,1-2H3,(H2,14,16,17). The largest absolute Gasteiger partial charge is 0.382 e. The van der Waals surface area contributed by atoms with Gasteiger partial charge >= 0.3 is 0 Å². The lowest BCUT2D eigenvalue weighted by Gasteiger charge is -2.05. The maximum atomic E-state index is 8.75. The Bertz CT molecular complexity index is 613. The molecule has 0 saturated carbocycles. The molecule has 2 aromatic heterocycles. The molecular weight excluding hydrogens is 214 g/mol. The van der Waals surface area contributed by atoms with Crippen molar-refractivity contribution in [2.24, 2.45) is 0 Å². The number of nitriles is 1.